The Balaban J connectivity index is 1.63. The van der Waals surface area contributed by atoms with Crippen molar-refractivity contribution in [3.8, 4) is 0 Å². The zero-order chi connectivity index (χ0) is 24.6. The van der Waals surface area contributed by atoms with Crippen LogP contribution < -0.4 is 0 Å². The highest BCUT2D eigenvalue weighted by molar-refractivity contribution is 6.30. The Kier molecular flexibility index (Phi) is 10.3. The molecule has 5 heteroatoms. The third kappa shape index (κ3) is 7.44. The molecule has 196 valence electrons. The van der Waals surface area contributed by atoms with Crippen LogP contribution in [0.4, 0.5) is 4.39 Å². The van der Waals surface area contributed by atoms with E-state index in [1.807, 2.05) is 13.0 Å². The quantitative estimate of drug-likeness (QED) is 0.317. The van der Waals surface area contributed by atoms with Crippen LogP contribution in [0.5, 0.6) is 0 Å². The smallest absolute Gasteiger partial charge is 0.306 e. The highest BCUT2D eigenvalue weighted by Gasteiger charge is 2.40. The van der Waals surface area contributed by atoms with Gasteiger partial charge >= 0.3 is 5.97 Å². The lowest BCUT2D eigenvalue weighted by atomic mass is 9.70. The van der Waals surface area contributed by atoms with E-state index in [0.717, 1.165) is 49.8 Å². The summed E-state index contributed by atoms with van der Waals surface area (Å²) >= 11 is 6.08. The summed E-state index contributed by atoms with van der Waals surface area (Å²) in [5.74, 6) is 1.36. The molecule has 3 atom stereocenters. The van der Waals surface area contributed by atoms with Crippen LogP contribution in [0.2, 0.25) is 5.02 Å². The lowest BCUT2D eigenvalue weighted by molar-refractivity contribution is -0.145. The fraction of sp³-hybridized carbons (Fsp3) is 0.767. The summed E-state index contributed by atoms with van der Waals surface area (Å²) in [4.78, 5) is 15.4. The summed E-state index contributed by atoms with van der Waals surface area (Å²) in [5, 5.41) is 0.171. The van der Waals surface area contributed by atoms with Crippen molar-refractivity contribution in [1.82, 2.24) is 4.90 Å². The van der Waals surface area contributed by atoms with E-state index in [9.17, 15) is 9.18 Å². The molecule has 3 nitrogen and oxygen atoms in total. The van der Waals surface area contributed by atoms with Crippen molar-refractivity contribution >= 4 is 17.6 Å². The SMILES string of the molecule is CCOC(=O)CC1CCCC(N(CC2CCCCC2)CC2CCCCC2)C1c1ccc(Cl)c(F)c1. The van der Waals surface area contributed by atoms with E-state index < -0.39 is 0 Å². The molecule has 35 heavy (non-hydrogen) atoms. The van der Waals surface area contributed by atoms with E-state index in [1.165, 1.54) is 64.2 Å². The van der Waals surface area contributed by atoms with E-state index >= 15 is 0 Å². The van der Waals surface area contributed by atoms with Gasteiger partial charge in [-0.15, -0.1) is 0 Å². The maximum absolute atomic E-state index is 14.7. The summed E-state index contributed by atoms with van der Waals surface area (Å²) in [6, 6.07) is 5.69. The Bertz CT molecular complexity index is 786. The van der Waals surface area contributed by atoms with E-state index in [1.54, 1.807) is 12.1 Å². The first kappa shape index (κ1) is 26.9. The standard InChI is InChI=1S/C30H45ClFNO2/c1-2-35-29(34)19-24-14-9-15-28(30(24)25-16-17-26(31)27(32)18-25)33(20-22-10-5-3-6-11-22)21-23-12-7-4-8-13-23/h16-18,22-24,28,30H,2-15,19-21H2,1H3. The second-order valence-corrected chi connectivity index (χ2v) is 11.8. The van der Waals surface area contributed by atoms with Crippen molar-refractivity contribution in [2.75, 3.05) is 19.7 Å². The van der Waals surface area contributed by atoms with Gasteiger partial charge < -0.3 is 4.74 Å². The summed E-state index contributed by atoms with van der Waals surface area (Å²) in [6.07, 6.45) is 17.1. The Hall–Kier alpha value is -1.13. The lowest BCUT2D eigenvalue weighted by Crippen LogP contribution is -2.49. The number of hydrogen-bond acceptors (Lipinski definition) is 3. The maximum Gasteiger partial charge on any atom is 0.306 e. The van der Waals surface area contributed by atoms with Crippen LogP contribution in [-0.4, -0.2) is 36.6 Å². The van der Waals surface area contributed by atoms with Crippen molar-refractivity contribution < 1.29 is 13.9 Å². The van der Waals surface area contributed by atoms with Gasteiger partial charge in [-0.3, -0.25) is 9.69 Å². The van der Waals surface area contributed by atoms with Gasteiger partial charge in [0.1, 0.15) is 5.82 Å². The highest BCUT2D eigenvalue weighted by Crippen LogP contribution is 2.44. The van der Waals surface area contributed by atoms with Gasteiger partial charge in [-0.25, -0.2) is 4.39 Å². The molecule has 0 aromatic heterocycles. The van der Waals surface area contributed by atoms with Crippen LogP contribution >= 0.6 is 11.6 Å². The Morgan fingerprint density at radius 3 is 2.14 bits per heavy atom. The monoisotopic (exact) mass is 505 g/mol. The number of esters is 1. The van der Waals surface area contributed by atoms with E-state index in [4.69, 9.17) is 16.3 Å². The zero-order valence-electron chi connectivity index (χ0n) is 21.7. The third-order valence-corrected chi connectivity index (χ3v) is 9.27. The van der Waals surface area contributed by atoms with Crippen LogP contribution in [-0.2, 0) is 9.53 Å². The summed E-state index contributed by atoms with van der Waals surface area (Å²) in [7, 11) is 0. The molecule has 0 N–H and O–H groups in total. The average molecular weight is 506 g/mol. The Labute approximate surface area is 217 Å². The van der Waals surface area contributed by atoms with Crippen molar-refractivity contribution in [3.63, 3.8) is 0 Å². The molecule has 0 saturated heterocycles. The van der Waals surface area contributed by atoms with Gasteiger partial charge in [-0.05, 0) is 80.9 Å². The molecule has 4 rings (SSSR count). The largest absolute Gasteiger partial charge is 0.466 e. The van der Waals surface area contributed by atoms with Crippen LogP contribution in [0.3, 0.4) is 0 Å². The highest BCUT2D eigenvalue weighted by atomic mass is 35.5. The van der Waals surface area contributed by atoms with Gasteiger partial charge in [-0.2, -0.15) is 0 Å². The molecule has 0 aliphatic heterocycles. The number of carbonyl (C=O) groups excluding carboxylic acids is 1. The fourth-order valence-electron chi connectivity index (χ4n) is 7.30. The van der Waals surface area contributed by atoms with Gasteiger partial charge in [-0.1, -0.05) is 62.6 Å². The molecule has 3 saturated carbocycles. The molecule has 1 aromatic carbocycles. The number of nitrogens with zero attached hydrogens (tertiary/aromatic N) is 1. The average Bonchev–Trinajstić information content (AvgIpc) is 2.87. The van der Waals surface area contributed by atoms with Gasteiger partial charge in [0.05, 0.1) is 11.6 Å². The molecule has 3 aliphatic carbocycles. The van der Waals surface area contributed by atoms with E-state index in [2.05, 4.69) is 4.90 Å². The molecule has 0 amide bonds. The number of rotatable bonds is 9. The van der Waals surface area contributed by atoms with Crippen molar-refractivity contribution in [1.29, 1.82) is 0 Å². The number of halogens is 2. The third-order valence-electron chi connectivity index (χ3n) is 8.96. The van der Waals surface area contributed by atoms with Crippen molar-refractivity contribution in [3.05, 3.63) is 34.6 Å². The zero-order valence-corrected chi connectivity index (χ0v) is 22.4. The van der Waals surface area contributed by atoms with Gasteiger partial charge in [0.2, 0.25) is 0 Å². The van der Waals surface area contributed by atoms with Gasteiger partial charge in [0.25, 0.3) is 0 Å². The predicted octanol–water partition coefficient (Wildman–Crippen LogP) is 8.15. The molecule has 0 radical (unpaired) electrons. The van der Waals surface area contributed by atoms with Gasteiger partial charge in [0, 0.05) is 31.5 Å². The number of carbonyl (C=O) groups is 1. The molecule has 3 aliphatic rings. The number of ether oxygens (including phenoxy) is 1. The number of hydrogen-bond donors (Lipinski definition) is 0. The fourth-order valence-corrected chi connectivity index (χ4v) is 7.41. The second kappa shape index (κ2) is 13.4. The topological polar surface area (TPSA) is 29.5 Å². The first-order valence-corrected chi connectivity index (χ1v) is 14.8. The number of benzene rings is 1. The van der Waals surface area contributed by atoms with E-state index in [-0.39, 0.29) is 28.6 Å². The summed E-state index contributed by atoms with van der Waals surface area (Å²) < 4.78 is 20.0. The van der Waals surface area contributed by atoms with E-state index in [0.29, 0.717) is 19.1 Å². The first-order valence-electron chi connectivity index (χ1n) is 14.4. The van der Waals surface area contributed by atoms with Crippen LogP contribution in [0.15, 0.2) is 18.2 Å². The maximum atomic E-state index is 14.7. The lowest BCUT2D eigenvalue weighted by Gasteiger charge is -2.47. The molecular formula is C30H45ClFNO2. The molecule has 0 bridgehead atoms. The minimum absolute atomic E-state index is 0.122. The molecule has 3 fully saturated rings. The molecular weight excluding hydrogens is 461 g/mol. The van der Waals surface area contributed by atoms with Gasteiger partial charge in [0.15, 0.2) is 0 Å². The predicted molar refractivity (Wildman–Crippen MR) is 141 cm³/mol. The molecule has 3 unspecified atom stereocenters. The second-order valence-electron chi connectivity index (χ2n) is 11.4. The van der Waals surface area contributed by atoms with Crippen LogP contribution in [0.25, 0.3) is 0 Å². The minimum atomic E-state index is -0.352. The molecule has 1 aromatic rings. The first-order chi connectivity index (χ1) is 17.0. The molecule has 0 heterocycles. The Morgan fingerprint density at radius 1 is 0.943 bits per heavy atom. The molecule has 0 spiro atoms. The van der Waals surface area contributed by atoms with Crippen molar-refractivity contribution in [2.45, 2.75) is 109 Å². The van der Waals surface area contributed by atoms with Crippen molar-refractivity contribution in [2.24, 2.45) is 17.8 Å². The normalized spacial score (nSPS) is 26.7. The van der Waals surface area contributed by atoms with Crippen LogP contribution in [0, 0.1) is 23.6 Å². The summed E-state index contributed by atoms with van der Waals surface area (Å²) in [5.41, 5.74) is 1.00. The minimum Gasteiger partial charge on any atom is -0.466 e. The Morgan fingerprint density at radius 2 is 1.57 bits per heavy atom. The summed E-state index contributed by atoms with van der Waals surface area (Å²) in [6.45, 7) is 4.58. The van der Waals surface area contributed by atoms with Crippen LogP contribution in [0.1, 0.15) is 108 Å².